The quantitative estimate of drug-likeness (QED) is 0.121. The van der Waals surface area contributed by atoms with E-state index < -0.39 is 48.4 Å². The number of anilines is 6. The summed E-state index contributed by atoms with van der Waals surface area (Å²) in [7, 11) is 0. The Kier molecular flexibility index (Phi) is 13.9. The van der Waals surface area contributed by atoms with E-state index >= 15 is 0 Å². The summed E-state index contributed by atoms with van der Waals surface area (Å²) in [4.78, 5) is 5.01. The third-order valence-electron chi connectivity index (χ3n) is 23.9. The summed E-state index contributed by atoms with van der Waals surface area (Å²) < 4.78 is 92.3. The van der Waals surface area contributed by atoms with Gasteiger partial charge in [-0.1, -0.05) is 345 Å². The Morgan fingerprint density at radius 2 is 0.716 bits per heavy atom. The first-order valence-corrected chi connectivity index (χ1v) is 39.8. The monoisotopic (exact) mass is 1490 g/mol. The molecule has 22 rings (SSSR count). The van der Waals surface area contributed by atoms with Crippen molar-refractivity contribution in [1.29, 1.82) is 0 Å². The molecule has 0 atom stereocenters. The highest BCUT2D eigenvalue weighted by molar-refractivity contribution is 7.00. The molecule has 2 aliphatic rings. The van der Waals surface area contributed by atoms with E-state index in [0.717, 1.165) is 183 Å². The maximum Gasteiger partial charge on any atom is 0.252 e. The summed E-state index contributed by atoms with van der Waals surface area (Å²) in [5, 5.41) is 4.06. The van der Waals surface area contributed by atoms with E-state index in [1.165, 1.54) is 11.1 Å². The average molecular weight is 1490 g/mol. The van der Waals surface area contributed by atoms with E-state index in [1.807, 2.05) is 42.5 Å². The average Bonchev–Trinajstić information content (AvgIpc) is 0.860. The molecule has 6 heteroatoms. The van der Waals surface area contributed by atoms with Crippen LogP contribution in [0.5, 0.6) is 0 Å². The number of hydrogen-bond acceptors (Lipinski definition) is 4. The number of hydrogen-bond donors (Lipinski definition) is 0. The Bertz CT molecular complexity index is 7560. The molecule has 116 heavy (non-hydrogen) atoms. The molecule has 0 unspecified atom stereocenters. The smallest absolute Gasteiger partial charge is 0.252 e. The molecule has 0 saturated carbocycles. The van der Waals surface area contributed by atoms with Crippen molar-refractivity contribution in [3.63, 3.8) is 0 Å². The van der Waals surface area contributed by atoms with Crippen LogP contribution in [0.2, 0.25) is 0 Å². The van der Waals surface area contributed by atoms with E-state index in [4.69, 9.17) is 8.83 Å². The Morgan fingerprint density at radius 1 is 0.284 bits per heavy atom. The van der Waals surface area contributed by atoms with Crippen molar-refractivity contribution in [3.8, 4) is 94.7 Å². The molecule has 0 saturated heterocycles. The molecule has 0 amide bonds. The van der Waals surface area contributed by atoms with Crippen molar-refractivity contribution in [3.05, 3.63) is 387 Å². The molecule has 20 aromatic rings. The van der Waals surface area contributed by atoms with Crippen LogP contribution in [0.15, 0.2) is 385 Å². The lowest BCUT2D eigenvalue weighted by Gasteiger charge is -2.46. The van der Waals surface area contributed by atoms with Crippen LogP contribution in [-0.2, 0) is 10.8 Å². The molecule has 5 heterocycles. The van der Waals surface area contributed by atoms with Crippen LogP contribution in [0.4, 0.5) is 34.1 Å². The van der Waals surface area contributed by atoms with Crippen molar-refractivity contribution in [2.24, 2.45) is 0 Å². The Hall–Kier alpha value is -14.2. The van der Waals surface area contributed by atoms with Crippen LogP contribution in [0.1, 0.15) is 63.6 Å². The first-order valence-electron chi connectivity index (χ1n) is 43.8. The van der Waals surface area contributed by atoms with Gasteiger partial charge in [-0.05, 0) is 167 Å². The van der Waals surface area contributed by atoms with Gasteiger partial charge in [0.15, 0.2) is 0 Å². The van der Waals surface area contributed by atoms with E-state index in [-0.39, 0.29) is 39.3 Å². The number of furan rings is 2. The molecule has 3 aromatic heterocycles. The van der Waals surface area contributed by atoms with Gasteiger partial charge in [0.2, 0.25) is 0 Å². The van der Waals surface area contributed by atoms with Gasteiger partial charge >= 0.3 is 0 Å². The van der Waals surface area contributed by atoms with E-state index in [0.29, 0.717) is 5.69 Å². The van der Waals surface area contributed by atoms with E-state index in [1.54, 1.807) is 4.57 Å². The molecule has 0 fully saturated rings. The van der Waals surface area contributed by atoms with E-state index in [2.05, 4.69) is 336 Å². The van der Waals surface area contributed by atoms with Crippen LogP contribution in [0, 0.1) is 0 Å². The third-order valence-corrected chi connectivity index (χ3v) is 23.9. The normalized spacial score (nSPS) is 13.7. The molecule has 550 valence electrons. The number of benzene rings is 17. The van der Waals surface area contributed by atoms with Crippen LogP contribution < -0.4 is 26.2 Å². The molecule has 0 bridgehead atoms. The van der Waals surface area contributed by atoms with Crippen LogP contribution in [0.25, 0.3) is 160 Å². The van der Waals surface area contributed by atoms with Gasteiger partial charge in [0.05, 0.1) is 33.4 Å². The molecule has 5 nitrogen and oxygen atoms in total. The lowest BCUT2D eigenvalue weighted by molar-refractivity contribution is 0.570. The predicted molar refractivity (Wildman–Crippen MR) is 490 cm³/mol. The fraction of sp³-hybridized carbons (Fsp3) is 0.0727. The number of para-hydroxylation sites is 8. The Morgan fingerprint density at radius 3 is 1.21 bits per heavy atom. The highest BCUT2D eigenvalue weighted by atomic mass is 16.3. The van der Waals surface area contributed by atoms with Gasteiger partial charge in [0, 0.05) is 94.1 Å². The first-order chi connectivity index (χ1) is 60.1. The minimum absolute atomic E-state index is 0.00891. The maximum atomic E-state index is 10.0. The van der Waals surface area contributed by atoms with Crippen molar-refractivity contribution in [1.82, 2.24) is 4.57 Å². The van der Waals surface area contributed by atoms with Crippen molar-refractivity contribution < 1.29 is 19.8 Å². The summed E-state index contributed by atoms with van der Waals surface area (Å²) in [6.45, 7) is 13.1. The number of aromatic nitrogens is 1. The minimum atomic E-state index is -0.618. The zero-order chi connectivity index (χ0) is 84.6. The second-order valence-electron chi connectivity index (χ2n) is 32.8. The summed E-state index contributed by atoms with van der Waals surface area (Å²) in [6, 6.07) is 113. The van der Waals surface area contributed by atoms with Gasteiger partial charge in [-0.25, -0.2) is 0 Å². The van der Waals surface area contributed by atoms with Crippen LogP contribution in [0.3, 0.4) is 0 Å². The molecular formula is C110H80BN3O2. The number of nitrogens with zero attached hydrogens (tertiary/aromatic N) is 3. The fourth-order valence-corrected chi connectivity index (χ4v) is 18.5. The number of fused-ring (bicyclic) bond motifs is 13. The zero-order valence-electron chi connectivity index (χ0n) is 72.9. The summed E-state index contributed by atoms with van der Waals surface area (Å²) in [6.07, 6.45) is 0. The lowest BCUT2D eigenvalue weighted by atomic mass is 9.33. The van der Waals surface area contributed by atoms with Gasteiger partial charge in [-0.15, -0.1) is 0 Å². The van der Waals surface area contributed by atoms with Crippen molar-refractivity contribution in [2.45, 2.75) is 52.4 Å². The van der Waals surface area contributed by atoms with Crippen molar-refractivity contribution >= 4 is 123 Å². The SMILES string of the molecule is [2H]c1c([2H])c([2H])c2c(c1[2H])c1c([2H])c([2H])c([2H])c([2H])c1n2-c1ccc2c(c1)N(c1c(-c3ccccc3)cccc1-c1ccccc1)c1cc(-c3ccc(C(C)(C)C)cc3C(C)(C)C)cc3c1B2c1cc(-c2cc(-c4cccc5c4oc4ccccc45)cc(-c4cccc5c4oc4ccccc45)c2)ccc1N3c1c(-c2ccccc2)cccc1-c1ccccc1. The van der Waals surface area contributed by atoms with Gasteiger partial charge < -0.3 is 23.2 Å². The molecule has 2 aliphatic heterocycles. The molecule has 17 aromatic carbocycles. The largest absolute Gasteiger partial charge is 0.455 e. The third kappa shape index (κ3) is 11.1. The summed E-state index contributed by atoms with van der Waals surface area (Å²) >= 11 is 0. The van der Waals surface area contributed by atoms with Crippen LogP contribution >= 0.6 is 0 Å². The second kappa shape index (κ2) is 26.7. The molecule has 0 N–H and O–H groups in total. The Balaban J connectivity index is 0.923. The zero-order valence-corrected chi connectivity index (χ0v) is 64.9. The van der Waals surface area contributed by atoms with Crippen LogP contribution in [-0.4, -0.2) is 11.3 Å². The molecule has 0 spiro atoms. The number of rotatable bonds is 11. The lowest BCUT2D eigenvalue weighted by Crippen LogP contribution is -2.61. The summed E-state index contributed by atoms with van der Waals surface area (Å²) in [5.41, 5.74) is 29.0. The standard InChI is InChI=1S/C110H80BN3O2/c1-109(2,3)78-56-58-80(93(67-78)110(4,5)6)77-65-100-104-101(66-77)114(106-83(71-35-15-9-16-36-71)45-28-46-84(106)72-37-17-10-18-38-72)99-68-79(112-96-51-23-19-39-87(96)88-40-20-24-52-97(88)112)57-59-94(99)111(104)95-64-73(55-60-98(95)113(100)105-81(69-31-11-7-12-32-69)43-27-44-82(105)70-33-13-8-14-34-70)74-61-75(85-47-29-49-91-89-41-21-25-53-102(89)115-107(85)91)63-76(62-74)86-48-30-50-92-90-42-22-26-54-103(90)116-108(86)92/h7-68H,1-6H3/i19D,20D,23D,24D,39D,40D,51D,52D. The van der Waals surface area contributed by atoms with Crippen molar-refractivity contribution in [2.75, 3.05) is 9.80 Å². The topological polar surface area (TPSA) is 37.7 Å². The van der Waals surface area contributed by atoms with Gasteiger partial charge in [-0.2, -0.15) is 0 Å². The Labute approximate surface area is 687 Å². The first kappa shape index (κ1) is 60.5. The molecule has 0 radical (unpaired) electrons. The minimum Gasteiger partial charge on any atom is -0.455 e. The predicted octanol–water partition coefficient (Wildman–Crippen LogP) is 28.6. The highest BCUT2D eigenvalue weighted by Gasteiger charge is 2.46. The maximum absolute atomic E-state index is 10.0. The summed E-state index contributed by atoms with van der Waals surface area (Å²) in [5.74, 6) is 0. The van der Waals surface area contributed by atoms with Gasteiger partial charge in [-0.3, -0.25) is 0 Å². The van der Waals surface area contributed by atoms with Gasteiger partial charge in [0.25, 0.3) is 6.71 Å². The second-order valence-corrected chi connectivity index (χ2v) is 32.8. The molecule has 0 aliphatic carbocycles. The highest BCUT2D eigenvalue weighted by Crippen LogP contribution is 2.56. The fourth-order valence-electron chi connectivity index (χ4n) is 18.5. The van der Waals surface area contributed by atoms with Gasteiger partial charge in [0.1, 0.15) is 22.3 Å². The van der Waals surface area contributed by atoms with E-state index in [9.17, 15) is 11.0 Å². The molecular weight excluding hydrogens is 1410 g/mol.